The summed E-state index contributed by atoms with van der Waals surface area (Å²) in [4.78, 5) is 14.1. The molecular weight excluding hydrogens is 368 g/mol. The largest absolute Gasteiger partial charge is 0.364 e. The first-order valence-corrected chi connectivity index (χ1v) is 8.98. The van der Waals surface area contributed by atoms with Gasteiger partial charge in [0.2, 0.25) is 10.0 Å². The van der Waals surface area contributed by atoms with Crippen molar-refractivity contribution >= 4 is 28.3 Å². The SMILES string of the molecule is Cl.N[C@H]1CCN(C(=O)c2ccc(S(=O)(=O)NCc3ccon3)cc2)C1. The zero-order valence-corrected chi connectivity index (χ0v) is 14.9. The Morgan fingerprint density at radius 3 is 2.60 bits per heavy atom. The summed E-state index contributed by atoms with van der Waals surface area (Å²) in [6.45, 7) is 1.18. The van der Waals surface area contributed by atoms with Gasteiger partial charge in [0, 0.05) is 30.8 Å². The number of aromatic nitrogens is 1. The van der Waals surface area contributed by atoms with Gasteiger partial charge >= 0.3 is 0 Å². The minimum Gasteiger partial charge on any atom is -0.364 e. The van der Waals surface area contributed by atoms with Crippen molar-refractivity contribution in [2.45, 2.75) is 23.9 Å². The first kappa shape index (κ1) is 19.4. The van der Waals surface area contributed by atoms with Gasteiger partial charge in [-0.05, 0) is 30.7 Å². The predicted molar refractivity (Wildman–Crippen MR) is 92.7 cm³/mol. The summed E-state index contributed by atoms with van der Waals surface area (Å²) in [5.74, 6) is -0.137. The summed E-state index contributed by atoms with van der Waals surface area (Å²) >= 11 is 0. The van der Waals surface area contributed by atoms with Crippen LogP contribution in [0.15, 0.2) is 46.0 Å². The van der Waals surface area contributed by atoms with Crippen LogP contribution in [-0.2, 0) is 16.6 Å². The van der Waals surface area contributed by atoms with Gasteiger partial charge in [0.25, 0.3) is 5.91 Å². The lowest BCUT2D eigenvalue weighted by Crippen LogP contribution is -2.31. The fourth-order valence-electron chi connectivity index (χ4n) is 2.51. The highest BCUT2D eigenvalue weighted by Gasteiger charge is 2.25. The van der Waals surface area contributed by atoms with Gasteiger partial charge in [0.05, 0.1) is 17.1 Å². The summed E-state index contributed by atoms with van der Waals surface area (Å²) in [6, 6.07) is 7.43. The highest BCUT2D eigenvalue weighted by Crippen LogP contribution is 2.15. The van der Waals surface area contributed by atoms with Crippen molar-refractivity contribution in [1.82, 2.24) is 14.8 Å². The molecule has 3 rings (SSSR count). The molecule has 0 spiro atoms. The van der Waals surface area contributed by atoms with E-state index in [9.17, 15) is 13.2 Å². The van der Waals surface area contributed by atoms with E-state index in [1.54, 1.807) is 11.0 Å². The van der Waals surface area contributed by atoms with E-state index >= 15 is 0 Å². The summed E-state index contributed by atoms with van der Waals surface area (Å²) in [7, 11) is -3.68. The second-order valence-electron chi connectivity index (χ2n) is 5.64. The average molecular weight is 387 g/mol. The standard InChI is InChI=1S/C15H18N4O4S.ClH/c16-12-5-7-19(10-12)15(20)11-1-3-14(4-2-11)24(21,22)17-9-13-6-8-23-18-13;/h1-4,6,8,12,17H,5,7,9-10,16H2;1H/t12-;/m0./s1. The third-order valence-corrected chi connectivity index (χ3v) is 5.28. The van der Waals surface area contributed by atoms with E-state index in [-0.39, 0.29) is 35.8 Å². The van der Waals surface area contributed by atoms with Crippen molar-refractivity contribution in [3.63, 3.8) is 0 Å². The number of halogens is 1. The van der Waals surface area contributed by atoms with Gasteiger partial charge in [-0.2, -0.15) is 0 Å². The van der Waals surface area contributed by atoms with Crippen LogP contribution in [0.2, 0.25) is 0 Å². The Morgan fingerprint density at radius 2 is 2.04 bits per heavy atom. The molecule has 3 N–H and O–H groups in total. The van der Waals surface area contributed by atoms with E-state index in [1.165, 1.54) is 30.5 Å². The number of carbonyl (C=O) groups is 1. The minimum atomic E-state index is -3.68. The van der Waals surface area contributed by atoms with Gasteiger partial charge in [-0.1, -0.05) is 5.16 Å². The van der Waals surface area contributed by atoms with Gasteiger partial charge in [-0.3, -0.25) is 4.79 Å². The lowest BCUT2D eigenvalue weighted by atomic mass is 10.2. The van der Waals surface area contributed by atoms with Crippen molar-refractivity contribution in [2.24, 2.45) is 5.73 Å². The van der Waals surface area contributed by atoms with E-state index in [0.717, 1.165) is 6.42 Å². The van der Waals surface area contributed by atoms with Gasteiger partial charge in [-0.15, -0.1) is 12.4 Å². The molecule has 1 fully saturated rings. The summed E-state index contributed by atoms with van der Waals surface area (Å²) in [5.41, 5.74) is 6.73. The molecule has 0 aliphatic carbocycles. The Kier molecular flexibility index (Phi) is 6.17. The Bertz CT molecular complexity index is 809. The first-order valence-electron chi connectivity index (χ1n) is 7.49. The zero-order chi connectivity index (χ0) is 17.2. The highest BCUT2D eigenvalue weighted by molar-refractivity contribution is 7.89. The van der Waals surface area contributed by atoms with Crippen molar-refractivity contribution in [2.75, 3.05) is 13.1 Å². The van der Waals surface area contributed by atoms with Gasteiger partial charge < -0.3 is 15.2 Å². The molecule has 1 saturated heterocycles. The van der Waals surface area contributed by atoms with Gasteiger partial charge in [-0.25, -0.2) is 13.1 Å². The topological polar surface area (TPSA) is 119 Å². The number of nitrogens with one attached hydrogen (secondary N) is 1. The van der Waals surface area contributed by atoms with Crippen LogP contribution < -0.4 is 10.5 Å². The molecule has 0 radical (unpaired) electrons. The number of likely N-dealkylation sites (tertiary alicyclic amines) is 1. The van der Waals surface area contributed by atoms with E-state index in [4.69, 9.17) is 5.73 Å². The summed E-state index contributed by atoms with van der Waals surface area (Å²) < 4.78 is 31.5. The Morgan fingerprint density at radius 1 is 1.32 bits per heavy atom. The fraction of sp³-hybridized carbons (Fsp3) is 0.333. The van der Waals surface area contributed by atoms with Crippen LogP contribution in [0.25, 0.3) is 0 Å². The molecule has 1 aliphatic rings. The number of nitrogens with two attached hydrogens (primary N) is 1. The third-order valence-electron chi connectivity index (χ3n) is 3.86. The molecule has 8 nitrogen and oxygen atoms in total. The quantitative estimate of drug-likeness (QED) is 0.782. The van der Waals surface area contributed by atoms with Crippen molar-refractivity contribution in [1.29, 1.82) is 0 Å². The van der Waals surface area contributed by atoms with Crippen LogP contribution in [0.5, 0.6) is 0 Å². The van der Waals surface area contributed by atoms with Gasteiger partial charge in [0.15, 0.2) is 0 Å². The van der Waals surface area contributed by atoms with Crippen molar-refractivity contribution < 1.29 is 17.7 Å². The van der Waals surface area contributed by atoms with E-state index < -0.39 is 10.0 Å². The van der Waals surface area contributed by atoms with E-state index in [2.05, 4.69) is 14.4 Å². The van der Waals surface area contributed by atoms with Crippen LogP contribution in [0, 0.1) is 0 Å². The number of benzene rings is 1. The number of nitrogens with zero attached hydrogens (tertiary/aromatic N) is 2. The number of amides is 1. The van der Waals surface area contributed by atoms with Crippen LogP contribution in [0.4, 0.5) is 0 Å². The molecule has 1 atom stereocenters. The van der Waals surface area contributed by atoms with Crippen LogP contribution >= 0.6 is 12.4 Å². The minimum absolute atomic E-state index is 0. The molecule has 1 aromatic carbocycles. The summed E-state index contributed by atoms with van der Waals surface area (Å²) in [6.07, 6.45) is 2.15. The molecule has 136 valence electrons. The molecule has 1 aliphatic heterocycles. The maximum absolute atomic E-state index is 12.3. The Balaban J connectivity index is 0.00000225. The fourth-order valence-corrected chi connectivity index (χ4v) is 3.51. The predicted octanol–water partition coefficient (Wildman–Crippen LogP) is 0.748. The van der Waals surface area contributed by atoms with Crippen molar-refractivity contribution in [3.05, 3.63) is 47.9 Å². The monoisotopic (exact) mass is 386 g/mol. The highest BCUT2D eigenvalue weighted by atomic mass is 35.5. The number of sulfonamides is 1. The second kappa shape index (κ2) is 7.96. The molecule has 1 aromatic heterocycles. The Hall–Kier alpha value is -1.94. The Labute approximate surface area is 151 Å². The van der Waals surface area contributed by atoms with E-state index in [0.29, 0.717) is 24.3 Å². The molecule has 10 heteroatoms. The van der Waals surface area contributed by atoms with Crippen LogP contribution in [0.1, 0.15) is 22.5 Å². The lowest BCUT2D eigenvalue weighted by Gasteiger charge is -2.16. The molecule has 25 heavy (non-hydrogen) atoms. The number of hydrogen-bond donors (Lipinski definition) is 2. The lowest BCUT2D eigenvalue weighted by molar-refractivity contribution is 0.0791. The molecular formula is C15H19ClN4O4S. The van der Waals surface area contributed by atoms with Gasteiger partial charge in [0.1, 0.15) is 6.26 Å². The first-order chi connectivity index (χ1) is 11.5. The molecule has 1 amide bonds. The average Bonchev–Trinajstić information content (AvgIpc) is 3.24. The maximum Gasteiger partial charge on any atom is 0.253 e. The van der Waals surface area contributed by atoms with Crippen LogP contribution in [-0.4, -0.2) is 43.5 Å². The van der Waals surface area contributed by atoms with Crippen LogP contribution in [0.3, 0.4) is 0 Å². The molecule has 0 bridgehead atoms. The van der Waals surface area contributed by atoms with Crippen molar-refractivity contribution in [3.8, 4) is 0 Å². The summed E-state index contributed by atoms with van der Waals surface area (Å²) in [5, 5.41) is 3.64. The molecule has 0 unspecified atom stereocenters. The maximum atomic E-state index is 12.3. The molecule has 0 saturated carbocycles. The smallest absolute Gasteiger partial charge is 0.253 e. The number of rotatable bonds is 5. The number of carbonyl (C=O) groups excluding carboxylic acids is 1. The zero-order valence-electron chi connectivity index (χ0n) is 13.3. The van der Waals surface area contributed by atoms with E-state index in [1.807, 2.05) is 0 Å². The normalized spacial score (nSPS) is 17.3. The second-order valence-corrected chi connectivity index (χ2v) is 7.41. The molecule has 2 aromatic rings. The molecule has 2 heterocycles. The number of hydrogen-bond acceptors (Lipinski definition) is 6. The third kappa shape index (κ3) is 4.57.